The summed E-state index contributed by atoms with van der Waals surface area (Å²) in [5.74, 6) is 0.934. The molecule has 0 aliphatic carbocycles. The molecule has 1 atom stereocenters. The first kappa shape index (κ1) is 14.0. The van der Waals surface area contributed by atoms with E-state index in [1.807, 2.05) is 25.5 Å². The number of aromatic amines is 1. The SMILES string of the molecule is CNc1ncccc1CN1CCOC[C@@H]1c1[nH]ncc1C. The zero-order valence-corrected chi connectivity index (χ0v) is 12.5. The van der Waals surface area contributed by atoms with E-state index in [4.69, 9.17) is 4.74 Å². The molecule has 2 aromatic heterocycles. The van der Waals surface area contributed by atoms with Crippen LogP contribution in [0.15, 0.2) is 24.5 Å². The Hall–Kier alpha value is -1.92. The summed E-state index contributed by atoms with van der Waals surface area (Å²) < 4.78 is 5.66. The number of hydrogen-bond donors (Lipinski definition) is 2. The summed E-state index contributed by atoms with van der Waals surface area (Å²) in [5.41, 5.74) is 3.52. The Kier molecular flexibility index (Phi) is 4.17. The second kappa shape index (κ2) is 6.24. The van der Waals surface area contributed by atoms with E-state index in [0.29, 0.717) is 6.61 Å². The maximum Gasteiger partial charge on any atom is 0.130 e. The van der Waals surface area contributed by atoms with Crippen molar-refractivity contribution in [3.8, 4) is 0 Å². The van der Waals surface area contributed by atoms with Gasteiger partial charge in [0.2, 0.25) is 0 Å². The Balaban J connectivity index is 1.83. The molecule has 1 aliphatic rings. The molecule has 0 saturated carbocycles. The molecule has 0 radical (unpaired) electrons. The fourth-order valence-electron chi connectivity index (χ4n) is 2.80. The maximum absolute atomic E-state index is 5.66. The molecule has 1 aliphatic heterocycles. The Morgan fingerprint density at radius 1 is 1.52 bits per heavy atom. The summed E-state index contributed by atoms with van der Waals surface area (Å²) in [6.07, 6.45) is 3.68. The number of pyridine rings is 1. The topological polar surface area (TPSA) is 66.1 Å². The minimum absolute atomic E-state index is 0.214. The highest BCUT2D eigenvalue weighted by molar-refractivity contribution is 5.43. The molecule has 1 fully saturated rings. The van der Waals surface area contributed by atoms with Crippen molar-refractivity contribution in [1.29, 1.82) is 0 Å². The van der Waals surface area contributed by atoms with E-state index in [0.717, 1.165) is 31.2 Å². The average molecular weight is 287 g/mol. The van der Waals surface area contributed by atoms with Gasteiger partial charge in [-0.25, -0.2) is 4.98 Å². The Labute approximate surface area is 124 Å². The van der Waals surface area contributed by atoms with Crippen LogP contribution in [-0.4, -0.2) is 46.9 Å². The molecule has 21 heavy (non-hydrogen) atoms. The molecule has 112 valence electrons. The van der Waals surface area contributed by atoms with Crippen LogP contribution >= 0.6 is 0 Å². The first-order chi connectivity index (χ1) is 10.3. The van der Waals surface area contributed by atoms with E-state index in [9.17, 15) is 0 Å². The van der Waals surface area contributed by atoms with Gasteiger partial charge in [0.1, 0.15) is 5.82 Å². The third kappa shape index (κ3) is 2.91. The number of aryl methyl sites for hydroxylation is 1. The number of nitrogens with one attached hydrogen (secondary N) is 2. The van der Waals surface area contributed by atoms with E-state index < -0.39 is 0 Å². The predicted molar refractivity (Wildman–Crippen MR) is 81.1 cm³/mol. The molecular weight excluding hydrogens is 266 g/mol. The lowest BCUT2D eigenvalue weighted by Crippen LogP contribution is -2.39. The maximum atomic E-state index is 5.66. The van der Waals surface area contributed by atoms with Crippen LogP contribution in [0.2, 0.25) is 0 Å². The van der Waals surface area contributed by atoms with Crippen LogP contribution in [-0.2, 0) is 11.3 Å². The number of nitrogens with zero attached hydrogens (tertiary/aromatic N) is 3. The first-order valence-electron chi connectivity index (χ1n) is 7.23. The summed E-state index contributed by atoms with van der Waals surface area (Å²) in [7, 11) is 1.90. The number of aromatic nitrogens is 3. The highest BCUT2D eigenvalue weighted by atomic mass is 16.5. The van der Waals surface area contributed by atoms with Gasteiger partial charge >= 0.3 is 0 Å². The van der Waals surface area contributed by atoms with Crippen LogP contribution in [0, 0.1) is 6.92 Å². The van der Waals surface area contributed by atoms with E-state index in [1.54, 1.807) is 0 Å². The molecule has 3 rings (SSSR count). The van der Waals surface area contributed by atoms with Crippen molar-refractivity contribution in [1.82, 2.24) is 20.1 Å². The lowest BCUT2D eigenvalue weighted by atomic mass is 10.1. The van der Waals surface area contributed by atoms with Crippen molar-refractivity contribution in [2.45, 2.75) is 19.5 Å². The van der Waals surface area contributed by atoms with Crippen molar-refractivity contribution in [2.75, 3.05) is 32.1 Å². The van der Waals surface area contributed by atoms with Crippen molar-refractivity contribution < 1.29 is 4.74 Å². The molecule has 6 nitrogen and oxygen atoms in total. The Morgan fingerprint density at radius 3 is 3.19 bits per heavy atom. The van der Waals surface area contributed by atoms with Crippen molar-refractivity contribution in [3.63, 3.8) is 0 Å². The van der Waals surface area contributed by atoms with Crippen molar-refractivity contribution >= 4 is 5.82 Å². The van der Waals surface area contributed by atoms with Crippen molar-refractivity contribution in [3.05, 3.63) is 41.3 Å². The fraction of sp³-hybridized carbons (Fsp3) is 0.467. The summed E-state index contributed by atoms with van der Waals surface area (Å²) in [6.45, 7) is 5.28. The van der Waals surface area contributed by atoms with Crippen LogP contribution < -0.4 is 5.32 Å². The Bertz CT molecular complexity index is 597. The molecule has 1 saturated heterocycles. The van der Waals surface area contributed by atoms with E-state index in [1.165, 1.54) is 11.1 Å². The van der Waals surface area contributed by atoms with Gasteiger partial charge in [-0.1, -0.05) is 6.07 Å². The van der Waals surface area contributed by atoms with Crippen LogP contribution in [0.4, 0.5) is 5.82 Å². The van der Waals surface area contributed by atoms with Crippen molar-refractivity contribution in [2.24, 2.45) is 0 Å². The van der Waals surface area contributed by atoms with Gasteiger partial charge in [-0.2, -0.15) is 5.10 Å². The number of anilines is 1. The second-order valence-corrected chi connectivity index (χ2v) is 5.29. The normalized spacial score (nSPS) is 19.6. The van der Waals surface area contributed by atoms with E-state index in [-0.39, 0.29) is 6.04 Å². The molecule has 3 heterocycles. The number of morpholine rings is 1. The molecule has 0 bridgehead atoms. The van der Waals surface area contributed by atoms with E-state index >= 15 is 0 Å². The monoisotopic (exact) mass is 287 g/mol. The lowest BCUT2D eigenvalue weighted by molar-refractivity contribution is -0.0144. The fourth-order valence-corrected chi connectivity index (χ4v) is 2.80. The van der Waals surface area contributed by atoms with Gasteiger partial charge in [-0.05, 0) is 18.6 Å². The average Bonchev–Trinajstić information content (AvgIpc) is 2.94. The predicted octanol–water partition coefficient (Wildman–Crippen LogP) is 1.73. The van der Waals surface area contributed by atoms with E-state index in [2.05, 4.69) is 38.4 Å². The summed E-state index contributed by atoms with van der Waals surface area (Å²) >= 11 is 0. The number of rotatable bonds is 4. The summed E-state index contributed by atoms with van der Waals surface area (Å²) in [4.78, 5) is 6.80. The number of ether oxygens (including phenoxy) is 1. The van der Waals surface area contributed by atoms with Crippen LogP contribution in [0.25, 0.3) is 0 Å². The summed E-state index contributed by atoms with van der Waals surface area (Å²) in [6, 6.07) is 4.31. The molecule has 2 N–H and O–H groups in total. The third-order valence-corrected chi connectivity index (χ3v) is 3.94. The van der Waals surface area contributed by atoms with Gasteiger partial charge in [-0.3, -0.25) is 10.00 Å². The number of hydrogen-bond acceptors (Lipinski definition) is 5. The summed E-state index contributed by atoms with van der Waals surface area (Å²) in [5, 5.41) is 10.4. The van der Waals surface area contributed by atoms with Gasteiger partial charge in [-0.15, -0.1) is 0 Å². The van der Waals surface area contributed by atoms with Gasteiger partial charge in [0.25, 0.3) is 0 Å². The lowest BCUT2D eigenvalue weighted by Gasteiger charge is -2.35. The Morgan fingerprint density at radius 2 is 2.43 bits per heavy atom. The van der Waals surface area contributed by atoms with Gasteiger partial charge in [0.15, 0.2) is 0 Å². The highest BCUT2D eigenvalue weighted by Crippen LogP contribution is 2.27. The van der Waals surface area contributed by atoms with Crippen LogP contribution in [0.5, 0.6) is 0 Å². The zero-order valence-electron chi connectivity index (χ0n) is 12.5. The number of H-pyrrole nitrogens is 1. The van der Waals surface area contributed by atoms with Crippen LogP contribution in [0.1, 0.15) is 22.9 Å². The largest absolute Gasteiger partial charge is 0.378 e. The van der Waals surface area contributed by atoms with Gasteiger partial charge < -0.3 is 10.1 Å². The third-order valence-electron chi connectivity index (χ3n) is 3.94. The molecule has 2 aromatic rings. The smallest absolute Gasteiger partial charge is 0.130 e. The minimum atomic E-state index is 0.214. The first-order valence-corrected chi connectivity index (χ1v) is 7.23. The minimum Gasteiger partial charge on any atom is -0.378 e. The standard InChI is InChI=1S/C15H21N5O/c1-11-8-18-19-14(11)13-10-21-7-6-20(13)9-12-4-3-5-17-15(12)16-2/h3-5,8,13H,6-7,9-10H2,1-2H3,(H,16,17)(H,18,19)/t13-/m1/s1. The quantitative estimate of drug-likeness (QED) is 0.896. The van der Waals surface area contributed by atoms with Gasteiger partial charge in [0, 0.05) is 31.9 Å². The van der Waals surface area contributed by atoms with Gasteiger partial charge in [0.05, 0.1) is 31.1 Å². The molecule has 6 heteroatoms. The highest BCUT2D eigenvalue weighted by Gasteiger charge is 2.27. The zero-order chi connectivity index (χ0) is 14.7. The molecule has 0 amide bonds. The molecule has 0 spiro atoms. The molecular formula is C15H21N5O. The van der Waals surface area contributed by atoms with Crippen LogP contribution in [0.3, 0.4) is 0 Å². The second-order valence-electron chi connectivity index (χ2n) is 5.29. The molecule has 0 unspecified atom stereocenters. The molecule has 0 aromatic carbocycles.